The molecule has 2 atom stereocenters. The van der Waals surface area contributed by atoms with E-state index in [1.54, 1.807) is 6.07 Å². The van der Waals surface area contributed by atoms with Gasteiger partial charge in [-0.25, -0.2) is 0 Å². The number of phenols is 1. The monoisotopic (exact) mass is 278 g/mol. The van der Waals surface area contributed by atoms with Crippen LogP contribution in [-0.4, -0.2) is 43.0 Å². The number of aromatic hydroxyl groups is 1. The van der Waals surface area contributed by atoms with Gasteiger partial charge in [-0.3, -0.25) is 0 Å². The van der Waals surface area contributed by atoms with Crippen LogP contribution < -0.4 is 14.8 Å². The lowest BCUT2D eigenvalue weighted by Crippen LogP contribution is -2.46. The van der Waals surface area contributed by atoms with Gasteiger partial charge in [0.2, 0.25) is 6.79 Å². The van der Waals surface area contributed by atoms with Gasteiger partial charge in [0.15, 0.2) is 11.5 Å². The topological polar surface area (TPSA) is 54.0 Å². The van der Waals surface area contributed by atoms with Gasteiger partial charge in [0.25, 0.3) is 0 Å². The summed E-state index contributed by atoms with van der Waals surface area (Å²) in [4.78, 5) is 2.36. The standard InChI is InChI=1S/C15H22N2O3/c1-10-8-17(2)4-3-12(10)16-7-11-5-14-15(6-13(11)18)20-9-19-14/h5-6,10,12,16,18H,3-4,7-9H2,1-2H3. The predicted octanol–water partition coefficient (Wildman–Crippen LogP) is 1.55. The van der Waals surface area contributed by atoms with Crippen LogP contribution in [0.1, 0.15) is 18.9 Å². The molecule has 0 saturated carbocycles. The van der Waals surface area contributed by atoms with Gasteiger partial charge in [0.1, 0.15) is 5.75 Å². The van der Waals surface area contributed by atoms with Crippen molar-refractivity contribution in [1.29, 1.82) is 0 Å². The van der Waals surface area contributed by atoms with Crippen molar-refractivity contribution in [1.82, 2.24) is 10.2 Å². The van der Waals surface area contributed by atoms with E-state index in [-0.39, 0.29) is 12.5 Å². The molecule has 2 N–H and O–H groups in total. The van der Waals surface area contributed by atoms with Gasteiger partial charge < -0.3 is 24.8 Å². The van der Waals surface area contributed by atoms with Crippen LogP contribution >= 0.6 is 0 Å². The molecule has 0 spiro atoms. The summed E-state index contributed by atoms with van der Waals surface area (Å²) in [5, 5.41) is 13.6. The molecule has 5 heteroatoms. The lowest BCUT2D eigenvalue weighted by Gasteiger charge is -2.35. The van der Waals surface area contributed by atoms with Crippen molar-refractivity contribution in [3.63, 3.8) is 0 Å². The van der Waals surface area contributed by atoms with E-state index in [0.29, 0.717) is 24.3 Å². The Bertz CT molecular complexity index is 492. The first-order valence-electron chi connectivity index (χ1n) is 7.17. The molecule has 0 radical (unpaired) electrons. The van der Waals surface area contributed by atoms with Crippen molar-refractivity contribution in [2.75, 3.05) is 26.9 Å². The van der Waals surface area contributed by atoms with Crippen molar-refractivity contribution in [3.8, 4) is 17.2 Å². The molecule has 2 unspecified atom stereocenters. The lowest BCUT2D eigenvalue weighted by molar-refractivity contribution is 0.173. The van der Waals surface area contributed by atoms with Crippen LogP contribution in [0.15, 0.2) is 12.1 Å². The van der Waals surface area contributed by atoms with Gasteiger partial charge in [-0.15, -0.1) is 0 Å². The number of phenolic OH excluding ortho intramolecular Hbond substituents is 1. The quantitative estimate of drug-likeness (QED) is 0.878. The van der Waals surface area contributed by atoms with Gasteiger partial charge in [0, 0.05) is 30.8 Å². The van der Waals surface area contributed by atoms with Crippen LogP contribution in [0.5, 0.6) is 17.2 Å². The molecule has 110 valence electrons. The highest BCUT2D eigenvalue weighted by molar-refractivity contribution is 5.51. The maximum atomic E-state index is 10.0. The minimum Gasteiger partial charge on any atom is -0.507 e. The summed E-state index contributed by atoms with van der Waals surface area (Å²) in [5.74, 6) is 2.22. The fraction of sp³-hybridized carbons (Fsp3) is 0.600. The molecule has 3 rings (SSSR count). The number of hydrogen-bond acceptors (Lipinski definition) is 5. The van der Waals surface area contributed by atoms with Crippen LogP contribution in [0.25, 0.3) is 0 Å². The number of likely N-dealkylation sites (tertiary alicyclic amines) is 1. The molecule has 1 saturated heterocycles. The Balaban J connectivity index is 1.64. The van der Waals surface area contributed by atoms with Gasteiger partial charge in [-0.1, -0.05) is 6.92 Å². The Morgan fingerprint density at radius 3 is 2.85 bits per heavy atom. The molecule has 2 heterocycles. The van der Waals surface area contributed by atoms with E-state index < -0.39 is 0 Å². The minimum absolute atomic E-state index is 0.234. The molecular weight excluding hydrogens is 256 g/mol. The number of nitrogens with one attached hydrogen (secondary N) is 1. The van der Waals surface area contributed by atoms with E-state index in [4.69, 9.17) is 9.47 Å². The summed E-state index contributed by atoms with van der Waals surface area (Å²) in [6.07, 6.45) is 1.14. The summed E-state index contributed by atoms with van der Waals surface area (Å²) in [6, 6.07) is 4.00. The first-order chi connectivity index (χ1) is 9.63. The van der Waals surface area contributed by atoms with Crippen LogP contribution in [0, 0.1) is 5.92 Å². The number of fused-ring (bicyclic) bond motifs is 1. The Morgan fingerprint density at radius 2 is 2.10 bits per heavy atom. The van der Waals surface area contributed by atoms with Crippen LogP contribution in [0.3, 0.4) is 0 Å². The Morgan fingerprint density at radius 1 is 1.35 bits per heavy atom. The highest BCUT2D eigenvalue weighted by Crippen LogP contribution is 2.37. The largest absolute Gasteiger partial charge is 0.507 e. The summed E-state index contributed by atoms with van der Waals surface area (Å²) >= 11 is 0. The molecule has 0 aromatic heterocycles. The average Bonchev–Trinajstić information content (AvgIpc) is 2.84. The summed E-state index contributed by atoms with van der Waals surface area (Å²) in [7, 11) is 2.16. The van der Waals surface area contributed by atoms with Crippen LogP contribution in [-0.2, 0) is 6.54 Å². The highest BCUT2D eigenvalue weighted by Gasteiger charge is 2.24. The first kappa shape index (κ1) is 13.5. The Labute approximate surface area is 119 Å². The smallest absolute Gasteiger partial charge is 0.231 e. The SMILES string of the molecule is CC1CN(C)CCC1NCc1cc2c(cc1O)OCO2. The second kappa shape index (κ2) is 5.50. The fourth-order valence-corrected chi connectivity index (χ4v) is 3.01. The highest BCUT2D eigenvalue weighted by atomic mass is 16.7. The molecule has 2 aliphatic heterocycles. The first-order valence-corrected chi connectivity index (χ1v) is 7.17. The second-order valence-corrected chi connectivity index (χ2v) is 5.85. The van der Waals surface area contributed by atoms with Crippen molar-refractivity contribution in [2.45, 2.75) is 25.9 Å². The number of piperidine rings is 1. The lowest BCUT2D eigenvalue weighted by atomic mass is 9.94. The van der Waals surface area contributed by atoms with Crippen LogP contribution in [0.2, 0.25) is 0 Å². The number of nitrogens with zero attached hydrogens (tertiary/aromatic N) is 1. The Hall–Kier alpha value is -1.46. The maximum Gasteiger partial charge on any atom is 0.231 e. The third-order valence-electron chi connectivity index (χ3n) is 4.24. The van der Waals surface area contributed by atoms with E-state index in [0.717, 1.165) is 30.8 Å². The van der Waals surface area contributed by atoms with E-state index in [9.17, 15) is 5.11 Å². The van der Waals surface area contributed by atoms with E-state index in [1.165, 1.54) is 0 Å². The second-order valence-electron chi connectivity index (χ2n) is 5.85. The van der Waals surface area contributed by atoms with Crippen LogP contribution in [0.4, 0.5) is 0 Å². The third kappa shape index (κ3) is 2.69. The molecule has 2 aliphatic rings. The fourth-order valence-electron chi connectivity index (χ4n) is 3.01. The van der Waals surface area contributed by atoms with Gasteiger partial charge in [-0.05, 0) is 32.0 Å². The van der Waals surface area contributed by atoms with Gasteiger partial charge in [-0.2, -0.15) is 0 Å². The summed E-state index contributed by atoms with van der Waals surface area (Å²) in [5.41, 5.74) is 0.861. The van der Waals surface area contributed by atoms with Crippen molar-refractivity contribution >= 4 is 0 Å². The van der Waals surface area contributed by atoms with E-state index >= 15 is 0 Å². The molecule has 20 heavy (non-hydrogen) atoms. The zero-order valence-electron chi connectivity index (χ0n) is 12.1. The molecule has 1 aromatic carbocycles. The van der Waals surface area contributed by atoms with Gasteiger partial charge in [0.05, 0.1) is 0 Å². The van der Waals surface area contributed by atoms with E-state index in [2.05, 4.69) is 24.2 Å². The predicted molar refractivity (Wildman–Crippen MR) is 76.1 cm³/mol. The number of hydrogen-bond donors (Lipinski definition) is 2. The number of ether oxygens (including phenoxy) is 2. The molecule has 0 amide bonds. The normalized spacial score (nSPS) is 25.9. The van der Waals surface area contributed by atoms with Gasteiger partial charge >= 0.3 is 0 Å². The molecule has 1 aromatic rings. The Kier molecular flexibility index (Phi) is 3.72. The minimum atomic E-state index is 0.234. The number of rotatable bonds is 3. The molecule has 5 nitrogen and oxygen atoms in total. The maximum absolute atomic E-state index is 10.0. The summed E-state index contributed by atoms with van der Waals surface area (Å²) in [6.45, 7) is 5.39. The third-order valence-corrected chi connectivity index (χ3v) is 4.24. The number of benzene rings is 1. The zero-order valence-corrected chi connectivity index (χ0v) is 12.1. The zero-order chi connectivity index (χ0) is 14.1. The molecular formula is C15H22N2O3. The van der Waals surface area contributed by atoms with Crippen molar-refractivity contribution in [3.05, 3.63) is 17.7 Å². The van der Waals surface area contributed by atoms with Crippen molar-refractivity contribution in [2.24, 2.45) is 5.92 Å². The molecule has 0 aliphatic carbocycles. The summed E-state index contributed by atoms with van der Waals surface area (Å²) < 4.78 is 10.6. The molecule has 0 bridgehead atoms. The molecule has 1 fully saturated rings. The average molecular weight is 278 g/mol. The van der Waals surface area contributed by atoms with E-state index in [1.807, 2.05) is 6.07 Å². The van der Waals surface area contributed by atoms with Crippen molar-refractivity contribution < 1.29 is 14.6 Å².